The number of hydrogen-bond donors (Lipinski definition) is 2. The van der Waals surface area contributed by atoms with E-state index >= 15 is 0 Å². The lowest BCUT2D eigenvalue weighted by molar-refractivity contribution is -0.113. The quantitative estimate of drug-likeness (QED) is 0.563. The van der Waals surface area contributed by atoms with Gasteiger partial charge in [0.1, 0.15) is 0 Å². The fraction of sp³-hybridized carbons (Fsp3) is 0.312. The molecule has 1 aromatic heterocycles. The molecule has 0 aliphatic rings. The van der Waals surface area contributed by atoms with Crippen LogP contribution in [0.2, 0.25) is 5.02 Å². The summed E-state index contributed by atoms with van der Waals surface area (Å²) >= 11 is 8.93. The summed E-state index contributed by atoms with van der Waals surface area (Å²) in [5, 5.41) is 3.83. The summed E-state index contributed by atoms with van der Waals surface area (Å²) < 4.78 is 0. The minimum atomic E-state index is -0.204. The second-order valence-corrected chi connectivity index (χ2v) is 7.63. The number of nitrogens with zero attached hydrogens (tertiary/aromatic N) is 1. The predicted molar refractivity (Wildman–Crippen MR) is 102 cm³/mol. The first kappa shape index (κ1) is 18.9. The Bertz CT molecular complexity index is 780. The SMILES string of the molecule is CCSCc1cc(=O)[nH]c(SCC(=O)Nc2ccc(C)c(Cl)c2)n1. The molecular formula is C16H18ClN3O2S2. The van der Waals surface area contributed by atoms with Crippen LogP contribution in [0, 0.1) is 6.92 Å². The zero-order chi connectivity index (χ0) is 17.5. The number of aromatic amines is 1. The molecule has 0 aliphatic carbocycles. The molecular weight excluding hydrogens is 366 g/mol. The number of nitrogens with one attached hydrogen (secondary N) is 2. The maximum absolute atomic E-state index is 12.0. The number of hydrogen-bond acceptors (Lipinski definition) is 5. The molecule has 8 heteroatoms. The molecule has 24 heavy (non-hydrogen) atoms. The topological polar surface area (TPSA) is 74.8 Å². The largest absolute Gasteiger partial charge is 0.325 e. The van der Waals surface area contributed by atoms with Gasteiger partial charge in [-0.15, -0.1) is 0 Å². The molecule has 0 saturated carbocycles. The number of H-pyrrole nitrogens is 1. The van der Waals surface area contributed by atoms with E-state index < -0.39 is 0 Å². The van der Waals surface area contributed by atoms with Crippen LogP contribution in [-0.2, 0) is 10.5 Å². The van der Waals surface area contributed by atoms with E-state index in [1.165, 1.54) is 17.8 Å². The summed E-state index contributed by atoms with van der Waals surface area (Å²) in [4.78, 5) is 30.7. The van der Waals surface area contributed by atoms with Crippen molar-refractivity contribution in [1.82, 2.24) is 9.97 Å². The Kier molecular flexibility index (Phi) is 7.20. The minimum Gasteiger partial charge on any atom is -0.325 e. The van der Waals surface area contributed by atoms with E-state index in [1.54, 1.807) is 23.9 Å². The lowest BCUT2D eigenvalue weighted by atomic mass is 10.2. The van der Waals surface area contributed by atoms with Crippen LogP contribution in [0.15, 0.2) is 34.2 Å². The molecule has 0 spiro atoms. The molecule has 5 nitrogen and oxygen atoms in total. The van der Waals surface area contributed by atoms with Gasteiger partial charge in [0.05, 0.1) is 11.4 Å². The average Bonchev–Trinajstić information content (AvgIpc) is 2.54. The fourth-order valence-corrected chi connectivity index (χ4v) is 3.27. The molecule has 0 saturated heterocycles. The van der Waals surface area contributed by atoms with Crippen molar-refractivity contribution in [2.24, 2.45) is 0 Å². The molecule has 0 bridgehead atoms. The van der Waals surface area contributed by atoms with Gasteiger partial charge in [0.25, 0.3) is 5.56 Å². The Morgan fingerprint density at radius 3 is 2.88 bits per heavy atom. The summed E-state index contributed by atoms with van der Waals surface area (Å²) in [5.41, 5.74) is 2.11. The van der Waals surface area contributed by atoms with Gasteiger partial charge in [-0.3, -0.25) is 9.59 Å². The lowest BCUT2D eigenvalue weighted by Crippen LogP contribution is -2.15. The van der Waals surface area contributed by atoms with Gasteiger partial charge in [-0.2, -0.15) is 11.8 Å². The third kappa shape index (κ3) is 5.89. The van der Waals surface area contributed by atoms with Crippen molar-refractivity contribution in [3.63, 3.8) is 0 Å². The van der Waals surface area contributed by atoms with Crippen molar-refractivity contribution in [3.8, 4) is 0 Å². The van der Waals surface area contributed by atoms with Crippen LogP contribution in [0.25, 0.3) is 0 Å². The highest BCUT2D eigenvalue weighted by molar-refractivity contribution is 7.99. The number of halogens is 1. The van der Waals surface area contributed by atoms with E-state index in [4.69, 9.17) is 11.6 Å². The number of carbonyl (C=O) groups excluding carboxylic acids is 1. The number of thioether (sulfide) groups is 2. The molecule has 128 valence electrons. The molecule has 1 heterocycles. The highest BCUT2D eigenvalue weighted by atomic mass is 35.5. The molecule has 0 aliphatic heterocycles. The molecule has 2 rings (SSSR count). The van der Waals surface area contributed by atoms with Crippen LogP contribution in [0.3, 0.4) is 0 Å². The number of aromatic nitrogens is 2. The molecule has 0 fully saturated rings. The summed E-state index contributed by atoms with van der Waals surface area (Å²) in [6.07, 6.45) is 0. The first-order valence-electron chi connectivity index (χ1n) is 7.34. The van der Waals surface area contributed by atoms with Crippen molar-refractivity contribution < 1.29 is 4.79 Å². The second kappa shape index (κ2) is 9.15. The Morgan fingerprint density at radius 2 is 2.17 bits per heavy atom. The monoisotopic (exact) mass is 383 g/mol. The van der Waals surface area contributed by atoms with Crippen LogP contribution in [0.4, 0.5) is 5.69 Å². The van der Waals surface area contributed by atoms with E-state index in [1.807, 2.05) is 13.0 Å². The number of benzene rings is 1. The normalized spacial score (nSPS) is 10.6. The molecule has 2 N–H and O–H groups in total. The van der Waals surface area contributed by atoms with Crippen LogP contribution in [0.1, 0.15) is 18.2 Å². The van der Waals surface area contributed by atoms with Gasteiger partial charge in [-0.05, 0) is 30.4 Å². The molecule has 0 atom stereocenters. The van der Waals surface area contributed by atoms with Gasteiger partial charge < -0.3 is 10.3 Å². The van der Waals surface area contributed by atoms with Gasteiger partial charge in [-0.1, -0.05) is 36.4 Å². The molecule has 0 radical (unpaired) electrons. The zero-order valence-electron chi connectivity index (χ0n) is 13.4. The highest BCUT2D eigenvalue weighted by Gasteiger charge is 2.08. The maximum Gasteiger partial charge on any atom is 0.251 e. The summed E-state index contributed by atoms with van der Waals surface area (Å²) in [7, 11) is 0. The Balaban J connectivity index is 1.94. The third-order valence-electron chi connectivity index (χ3n) is 3.02. The predicted octanol–water partition coefficient (Wildman–Crippen LogP) is 3.72. The smallest absolute Gasteiger partial charge is 0.251 e. The van der Waals surface area contributed by atoms with Crippen LogP contribution in [-0.4, -0.2) is 27.4 Å². The zero-order valence-corrected chi connectivity index (χ0v) is 15.8. The second-order valence-electron chi connectivity index (χ2n) is 4.98. The Morgan fingerprint density at radius 1 is 1.38 bits per heavy atom. The average molecular weight is 384 g/mol. The molecule has 1 amide bonds. The van der Waals surface area contributed by atoms with E-state index in [-0.39, 0.29) is 17.2 Å². The Labute approximate surface area is 154 Å². The maximum atomic E-state index is 12.0. The Hall–Kier alpha value is -1.44. The summed E-state index contributed by atoms with van der Waals surface area (Å²) in [6, 6.07) is 6.84. The number of amides is 1. The standard InChI is InChI=1S/C16H18ClN3O2S2/c1-3-23-8-12-7-14(21)20-16(19-12)24-9-15(22)18-11-5-4-10(2)13(17)6-11/h4-7H,3,8-9H2,1-2H3,(H,18,22)(H,19,20,21). The van der Waals surface area contributed by atoms with E-state index in [9.17, 15) is 9.59 Å². The molecule has 2 aromatic rings. The van der Waals surface area contributed by atoms with Crippen LogP contribution in [0.5, 0.6) is 0 Å². The van der Waals surface area contributed by atoms with E-state index in [0.717, 1.165) is 17.0 Å². The molecule has 1 aromatic carbocycles. The van der Waals surface area contributed by atoms with Crippen molar-refractivity contribution in [3.05, 3.63) is 50.9 Å². The van der Waals surface area contributed by atoms with Crippen LogP contribution >= 0.6 is 35.1 Å². The third-order valence-corrected chi connectivity index (χ3v) is 5.21. The van der Waals surface area contributed by atoms with Crippen molar-refractivity contribution in [2.45, 2.75) is 24.8 Å². The number of carbonyl (C=O) groups is 1. The summed E-state index contributed by atoms with van der Waals surface area (Å²) in [5.74, 6) is 1.61. The van der Waals surface area contributed by atoms with Gasteiger partial charge in [0.15, 0.2) is 5.16 Å². The van der Waals surface area contributed by atoms with Gasteiger partial charge in [0, 0.05) is 22.5 Å². The van der Waals surface area contributed by atoms with E-state index in [0.29, 0.717) is 21.6 Å². The van der Waals surface area contributed by atoms with Gasteiger partial charge in [-0.25, -0.2) is 4.98 Å². The van der Waals surface area contributed by atoms with Crippen LogP contribution < -0.4 is 10.9 Å². The lowest BCUT2D eigenvalue weighted by Gasteiger charge is -2.07. The summed E-state index contributed by atoms with van der Waals surface area (Å²) in [6.45, 7) is 3.95. The number of aryl methyl sites for hydroxylation is 1. The minimum absolute atomic E-state index is 0.152. The first-order valence-corrected chi connectivity index (χ1v) is 9.86. The van der Waals surface area contributed by atoms with Crippen molar-refractivity contribution in [1.29, 1.82) is 0 Å². The fourth-order valence-electron chi connectivity index (χ4n) is 1.83. The van der Waals surface area contributed by atoms with Crippen molar-refractivity contribution >= 4 is 46.7 Å². The first-order chi connectivity index (χ1) is 11.5. The van der Waals surface area contributed by atoms with Crippen molar-refractivity contribution in [2.75, 3.05) is 16.8 Å². The number of rotatable bonds is 7. The van der Waals surface area contributed by atoms with Gasteiger partial charge in [0.2, 0.25) is 5.91 Å². The molecule has 0 unspecified atom stereocenters. The highest BCUT2D eigenvalue weighted by Crippen LogP contribution is 2.20. The number of anilines is 1. The van der Waals surface area contributed by atoms with E-state index in [2.05, 4.69) is 22.2 Å². The van der Waals surface area contributed by atoms with Gasteiger partial charge >= 0.3 is 0 Å².